The number of hydrogen-bond donors (Lipinski definition) is 1. The van der Waals surface area contributed by atoms with Gasteiger partial charge in [-0.3, -0.25) is 4.68 Å². The summed E-state index contributed by atoms with van der Waals surface area (Å²) in [6, 6.07) is 10.5. The van der Waals surface area contributed by atoms with Crippen LogP contribution >= 0.6 is 0 Å². The smallest absolute Gasteiger partial charge is 0.317 e. The molecule has 1 aromatic heterocycles. The van der Waals surface area contributed by atoms with Crippen LogP contribution in [0.25, 0.3) is 6.08 Å². The first-order valence-corrected chi connectivity index (χ1v) is 7.91. The van der Waals surface area contributed by atoms with Crippen LogP contribution in [0.1, 0.15) is 18.4 Å². The summed E-state index contributed by atoms with van der Waals surface area (Å²) in [7, 11) is 0. The van der Waals surface area contributed by atoms with Crippen LogP contribution in [0.15, 0.2) is 49.1 Å². The van der Waals surface area contributed by atoms with Crippen LogP contribution in [0, 0.1) is 0 Å². The summed E-state index contributed by atoms with van der Waals surface area (Å²) < 4.78 is 1.71. The van der Waals surface area contributed by atoms with Crippen LogP contribution < -0.4 is 5.32 Å². The Balaban J connectivity index is 1.48. The second-order valence-electron chi connectivity index (χ2n) is 5.59. The highest BCUT2D eigenvalue weighted by Crippen LogP contribution is 2.26. The third-order valence-corrected chi connectivity index (χ3v) is 3.74. The summed E-state index contributed by atoms with van der Waals surface area (Å²) in [5.41, 5.74) is 1.15. The maximum Gasteiger partial charge on any atom is 0.317 e. The predicted molar refractivity (Wildman–Crippen MR) is 88.6 cm³/mol. The molecule has 3 rings (SSSR count). The fraction of sp³-hybridized carbons (Fsp3) is 0.353. The molecule has 0 aliphatic heterocycles. The molecule has 6 nitrogen and oxygen atoms in total. The molecule has 1 saturated carbocycles. The van der Waals surface area contributed by atoms with Crippen molar-refractivity contribution in [3.05, 3.63) is 54.6 Å². The molecule has 23 heavy (non-hydrogen) atoms. The van der Waals surface area contributed by atoms with E-state index < -0.39 is 0 Å². The molecule has 1 aliphatic rings. The third kappa shape index (κ3) is 4.67. The SMILES string of the molecule is O=C(NCCn1cncn1)N(CC=Cc1ccccc1)C1CC1. The number of urea groups is 1. The second kappa shape index (κ2) is 7.58. The van der Waals surface area contributed by atoms with E-state index in [9.17, 15) is 4.79 Å². The molecule has 0 saturated heterocycles. The van der Waals surface area contributed by atoms with E-state index in [2.05, 4.69) is 33.6 Å². The summed E-state index contributed by atoms with van der Waals surface area (Å²) in [6.45, 7) is 1.81. The molecule has 0 atom stereocenters. The summed E-state index contributed by atoms with van der Waals surface area (Å²) in [5, 5.41) is 6.97. The molecule has 1 N–H and O–H groups in total. The van der Waals surface area contributed by atoms with Gasteiger partial charge in [0.1, 0.15) is 12.7 Å². The van der Waals surface area contributed by atoms with Crippen molar-refractivity contribution in [3.63, 3.8) is 0 Å². The molecule has 1 fully saturated rings. The topological polar surface area (TPSA) is 63.1 Å². The van der Waals surface area contributed by atoms with Gasteiger partial charge in [0.2, 0.25) is 0 Å². The standard InChI is InChI=1S/C17H21N5O/c23-17(19-10-12-21-14-18-13-20-21)22(16-8-9-16)11-4-7-15-5-2-1-3-6-15/h1-7,13-14,16H,8-12H2,(H,19,23). The zero-order valence-corrected chi connectivity index (χ0v) is 13.0. The van der Waals surface area contributed by atoms with E-state index >= 15 is 0 Å². The molecule has 1 aliphatic carbocycles. The van der Waals surface area contributed by atoms with Crippen LogP contribution in [0.5, 0.6) is 0 Å². The third-order valence-electron chi connectivity index (χ3n) is 3.74. The molecule has 6 heteroatoms. The first-order chi connectivity index (χ1) is 11.3. The Hall–Kier alpha value is -2.63. The number of amides is 2. The summed E-state index contributed by atoms with van der Waals surface area (Å²) in [5.74, 6) is 0. The van der Waals surface area contributed by atoms with Crippen molar-refractivity contribution in [2.75, 3.05) is 13.1 Å². The van der Waals surface area contributed by atoms with Gasteiger partial charge in [0, 0.05) is 19.1 Å². The van der Waals surface area contributed by atoms with E-state index in [1.165, 1.54) is 6.33 Å². The summed E-state index contributed by atoms with van der Waals surface area (Å²) in [6.07, 6.45) is 9.42. The minimum Gasteiger partial charge on any atom is -0.336 e. The Kier molecular flexibility index (Phi) is 5.03. The molecule has 0 radical (unpaired) electrons. The Morgan fingerprint density at radius 3 is 2.87 bits per heavy atom. The lowest BCUT2D eigenvalue weighted by Crippen LogP contribution is -2.42. The van der Waals surface area contributed by atoms with Crippen LogP contribution in [0.4, 0.5) is 4.79 Å². The highest BCUT2D eigenvalue weighted by atomic mass is 16.2. The number of benzene rings is 1. The highest BCUT2D eigenvalue weighted by Gasteiger charge is 2.31. The van der Waals surface area contributed by atoms with Gasteiger partial charge in [-0.05, 0) is 18.4 Å². The van der Waals surface area contributed by atoms with Gasteiger partial charge in [-0.25, -0.2) is 9.78 Å². The van der Waals surface area contributed by atoms with Crippen LogP contribution in [-0.2, 0) is 6.54 Å². The molecule has 1 heterocycles. The minimum absolute atomic E-state index is 0.00896. The van der Waals surface area contributed by atoms with E-state index in [4.69, 9.17) is 0 Å². The van der Waals surface area contributed by atoms with Gasteiger partial charge in [-0.2, -0.15) is 5.10 Å². The molecule has 120 valence electrons. The van der Waals surface area contributed by atoms with E-state index in [0.29, 0.717) is 25.7 Å². The molecule has 0 spiro atoms. The van der Waals surface area contributed by atoms with Crippen molar-refractivity contribution in [2.45, 2.75) is 25.4 Å². The Morgan fingerprint density at radius 1 is 1.35 bits per heavy atom. The fourth-order valence-electron chi connectivity index (χ4n) is 2.38. The van der Waals surface area contributed by atoms with E-state index in [1.807, 2.05) is 29.2 Å². The van der Waals surface area contributed by atoms with Gasteiger partial charge in [-0.15, -0.1) is 0 Å². The number of nitrogens with one attached hydrogen (secondary N) is 1. The minimum atomic E-state index is -0.00896. The molecule has 0 bridgehead atoms. The van der Waals surface area contributed by atoms with Crippen molar-refractivity contribution in [1.29, 1.82) is 0 Å². The molecule has 0 unspecified atom stereocenters. The first kappa shape index (κ1) is 15.3. The van der Waals surface area contributed by atoms with Gasteiger partial charge < -0.3 is 10.2 Å². The van der Waals surface area contributed by atoms with E-state index in [-0.39, 0.29) is 6.03 Å². The average Bonchev–Trinajstić information content (AvgIpc) is 3.28. The van der Waals surface area contributed by atoms with Crippen molar-refractivity contribution in [2.24, 2.45) is 0 Å². The molecule has 2 amide bonds. The lowest BCUT2D eigenvalue weighted by molar-refractivity contribution is 0.200. The van der Waals surface area contributed by atoms with Crippen molar-refractivity contribution in [1.82, 2.24) is 25.0 Å². The van der Waals surface area contributed by atoms with Crippen molar-refractivity contribution < 1.29 is 4.79 Å². The number of hydrogen-bond acceptors (Lipinski definition) is 3. The van der Waals surface area contributed by atoms with Gasteiger partial charge in [0.05, 0.1) is 6.54 Å². The highest BCUT2D eigenvalue weighted by molar-refractivity contribution is 5.75. The van der Waals surface area contributed by atoms with E-state index in [1.54, 1.807) is 11.0 Å². The lowest BCUT2D eigenvalue weighted by Gasteiger charge is -2.21. The predicted octanol–water partition coefficient (Wildman–Crippen LogP) is 2.17. The Bertz CT molecular complexity index is 634. The van der Waals surface area contributed by atoms with Crippen LogP contribution in [-0.4, -0.2) is 44.8 Å². The molecular formula is C17H21N5O. The maximum atomic E-state index is 12.3. The van der Waals surface area contributed by atoms with Crippen LogP contribution in [0.3, 0.4) is 0 Å². The number of nitrogens with zero attached hydrogens (tertiary/aromatic N) is 4. The van der Waals surface area contributed by atoms with Gasteiger partial charge in [-0.1, -0.05) is 42.5 Å². The van der Waals surface area contributed by atoms with Gasteiger partial charge in [0.25, 0.3) is 0 Å². The molecular weight excluding hydrogens is 290 g/mol. The average molecular weight is 311 g/mol. The summed E-state index contributed by atoms with van der Waals surface area (Å²) >= 11 is 0. The molecule has 2 aromatic rings. The van der Waals surface area contributed by atoms with Crippen LogP contribution in [0.2, 0.25) is 0 Å². The number of rotatable bonds is 7. The normalized spacial score (nSPS) is 14.1. The quantitative estimate of drug-likeness (QED) is 0.852. The monoisotopic (exact) mass is 311 g/mol. The second-order valence-corrected chi connectivity index (χ2v) is 5.59. The lowest BCUT2D eigenvalue weighted by atomic mass is 10.2. The number of carbonyl (C=O) groups is 1. The van der Waals surface area contributed by atoms with Crippen molar-refractivity contribution >= 4 is 12.1 Å². The van der Waals surface area contributed by atoms with Gasteiger partial charge >= 0.3 is 6.03 Å². The largest absolute Gasteiger partial charge is 0.336 e. The van der Waals surface area contributed by atoms with Crippen molar-refractivity contribution in [3.8, 4) is 0 Å². The Labute approximate surface area is 135 Å². The first-order valence-electron chi connectivity index (χ1n) is 7.91. The van der Waals surface area contributed by atoms with E-state index in [0.717, 1.165) is 18.4 Å². The molecule has 1 aromatic carbocycles. The number of aromatic nitrogens is 3. The zero-order chi connectivity index (χ0) is 15.9. The maximum absolute atomic E-state index is 12.3. The fourth-order valence-corrected chi connectivity index (χ4v) is 2.38. The summed E-state index contributed by atoms with van der Waals surface area (Å²) in [4.78, 5) is 18.1. The number of carbonyl (C=O) groups excluding carboxylic acids is 1. The zero-order valence-electron chi connectivity index (χ0n) is 13.0. The Morgan fingerprint density at radius 2 is 2.17 bits per heavy atom. The van der Waals surface area contributed by atoms with Gasteiger partial charge in [0.15, 0.2) is 0 Å².